The fraction of sp³-hybridized carbons (Fsp3) is 0.630. The summed E-state index contributed by atoms with van der Waals surface area (Å²) in [4.78, 5) is 17.7. The van der Waals surface area contributed by atoms with E-state index in [4.69, 9.17) is 4.74 Å². The summed E-state index contributed by atoms with van der Waals surface area (Å²) in [5, 5.41) is 3.26. The molecule has 9 heteroatoms. The molecule has 1 N–H and O–H groups in total. The van der Waals surface area contributed by atoms with Crippen molar-refractivity contribution in [2.75, 3.05) is 13.2 Å². The van der Waals surface area contributed by atoms with E-state index in [-0.39, 0.29) is 28.9 Å². The van der Waals surface area contributed by atoms with Crippen molar-refractivity contribution >= 4 is 5.91 Å². The number of benzene rings is 1. The number of aromatic nitrogens is 2. The molecular formula is C27H39F3N4O2. The molecule has 36 heavy (non-hydrogen) atoms. The van der Waals surface area contributed by atoms with Gasteiger partial charge in [0.05, 0.1) is 11.1 Å². The molecule has 0 radical (unpaired) electrons. The monoisotopic (exact) mass is 508 g/mol. The van der Waals surface area contributed by atoms with Gasteiger partial charge in [-0.05, 0) is 57.7 Å². The van der Waals surface area contributed by atoms with Crippen molar-refractivity contribution < 1.29 is 22.7 Å². The Hall–Kier alpha value is -2.55. The van der Waals surface area contributed by atoms with Crippen molar-refractivity contribution in [1.82, 2.24) is 14.7 Å². The van der Waals surface area contributed by atoms with Gasteiger partial charge in [0.2, 0.25) is 0 Å². The highest BCUT2D eigenvalue weighted by Gasteiger charge is 2.32. The minimum Gasteiger partial charge on any atom is -0.491 e. The normalized spacial score (nSPS) is 15.8. The lowest BCUT2D eigenvalue weighted by Gasteiger charge is -2.27. The molecule has 0 aliphatic heterocycles. The first-order valence-electron chi connectivity index (χ1n) is 12.5. The Kier molecular flexibility index (Phi) is 8.13. The van der Waals surface area contributed by atoms with Gasteiger partial charge in [0, 0.05) is 42.9 Å². The number of halogens is 3. The highest BCUT2D eigenvalue weighted by molar-refractivity contribution is 5.97. The topological polar surface area (TPSA) is 60.6 Å². The van der Waals surface area contributed by atoms with Gasteiger partial charge >= 0.3 is 6.18 Å². The molecule has 6 nitrogen and oxygen atoms in total. The van der Waals surface area contributed by atoms with Crippen molar-refractivity contribution in [2.45, 2.75) is 84.5 Å². The minimum atomic E-state index is -4.59. The van der Waals surface area contributed by atoms with Crippen LogP contribution in [0.1, 0.15) is 82.4 Å². The van der Waals surface area contributed by atoms with Gasteiger partial charge < -0.3 is 10.1 Å². The number of nitrogens with one attached hydrogen (secondary N) is 1. The van der Waals surface area contributed by atoms with E-state index in [1.165, 1.54) is 12.5 Å². The Labute approximate surface area is 211 Å². The third-order valence-corrected chi connectivity index (χ3v) is 6.43. The first kappa shape index (κ1) is 28.0. The average molecular weight is 509 g/mol. The van der Waals surface area contributed by atoms with Crippen molar-refractivity contribution in [3.63, 3.8) is 0 Å². The molecule has 1 aliphatic carbocycles. The average Bonchev–Trinajstić information content (AvgIpc) is 3.02. The van der Waals surface area contributed by atoms with Crippen LogP contribution in [0.3, 0.4) is 0 Å². The predicted octanol–water partition coefficient (Wildman–Crippen LogP) is 5.45. The zero-order valence-corrected chi connectivity index (χ0v) is 22.4. The van der Waals surface area contributed by atoms with Crippen LogP contribution in [0, 0.1) is 5.92 Å². The maximum absolute atomic E-state index is 13.5. The second-order valence-electron chi connectivity index (χ2n) is 11.7. The maximum atomic E-state index is 13.5. The molecule has 0 atom stereocenters. The number of carbonyl (C=O) groups is 1. The van der Waals surface area contributed by atoms with Crippen molar-refractivity contribution in [2.24, 2.45) is 18.0 Å². The predicted molar refractivity (Wildman–Crippen MR) is 134 cm³/mol. The van der Waals surface area contributed by atoms with Gasteiger partial charge in [-0.1, -0.05) is 27.2 Å². The van der Waals surface area contributed by atoms with E-state index >= 15 is 0 Å². The molecule has 0 unspecified atom stereocenters. The fourth-order valence-electron chi connectivity index (χ4n) is 4.25. The van der Waals surface area contributed by atoms with Gasteiger partial charge in [-0.3, -0.25) is 14.2 Å². The van der Waals surface area contributed by atoms with Crippen LogP contribution in [0.25, 0.3) is 0 Å². The van der Waals surface area contributed by atoms with Gasteiger partial charge in [0.1, 0.15) is 12.4 Å². The van der Waals surface area contributed by atoms with Crippen LogP contribution in [-0.4, -0.2) is 34.0 Å². The number of amides is 1. The van der Waals surface area contributed by atoms with E-state index in [9.17, 15) is 18.0 Å². The van der Waals surface area contributed by atoms with E-state index in [0.29, 0.717) is 24.5 Å². The maximum Gasteiger partial charge on any atom is 0.416 e. The van der Waals surface area contributed by atoms with Crippen molar-refractivity contribution in [3.8, 4) is 5.75 Å². The van der Waals surface area contributed by atoms with Crippen LogP contribution < -0.4 is 15.5 Å². The number of carbonyl (C=O) groups excluding carboxylic acids is 1. The molecule has 1 aliphatic rings. The number of alkyl halides is 3. The second kappa shape index (κ2) is 10.4. The number of hydrogen-bond donors (Lipinski definition) is 1. The van der Waals surface area contributed by atoms with E-state index in [0.717, 1.165) is 30.7 Å². The molecule has 0 bridgehead atoms. The lowest BCUT2D eigenvalue weighted by molar-refractivity contribution is -0.137. The summed E-state index contributed by atoms with van der Waals surface area (Å²) in [6, 6.07) is 4.83. The lowest BCUT2D eigenvalue weighted by Crippen LogP contribution is -2.38. The number of ether oxygens (including phenoxy) is 1. The van der Waals surface area contributed by atoms with E-state index < -0.39 is 17.6 Å². The standard InChI is InChI=1S/C27H39F3N4O2/c1-25(2,3)22-16-23(34(33(22)7)17-18-9-8-10-18)32-24(35)20-15-19(27(28,29)30)11-12-21(20)36-14-13-31-26(4,5)6/h11-12,15-16,18,31H,8-10,13-14,17H2,1-7H3/b32-23+. The molecule has 1 amide bonds. The number of nitrogens with zero attached hydrogens (tertiary/aromatic N) is 3. The molecule has 3 rings (SSSR count). The Morgan fingerprint density at radius 3 is 2.31 bits per heavy atom. The largest absolute Gasteiger partial charge is 0.491 e. The Bertz CT molecular complexity index is 1140. The first-order chi connectivity index (χ1) is 16.6. The van der Waals surface area contributed by atoms with E-state index in [1.54, 1.807) is 0 Å². The SMILES string of the molecule is Cn1c(C(C)(C)C)c/c(=N\C(=O)c2cc(C(F)(F)F)ccc2OCCNC(C)(C)C)n1CC1CCC1. The highest BCUT2D eigenvalue weighted by Crippen LogP contribution is 2.33. The van der Waals surface area contributed by atoms with Crippen LogP contribution in [0.5, 0.6) is 5.75 Å². The Balaban J connectivity index is 2.01. The third-order valence-electron chi connectivity index (χ3n) is 6.43. The number of rotatable bonds is 7. The summed E-state index contributed by atoms with van der Waals surface area (Å²) < 4.78 is 50.1. The van der Waals surface area contributed by atoms with Crippen LogP contribution in [0.4, 0.5) is 13.2 Å². The smallest absolute Gasteiger partial charge is 0.416 e. The molecule has 1 heterocycles. The quantitative estimate of drug-likeness (QED) is 0.506. The van der Waals surface area contributed by atoms with Crippen molar-refractivity contribution in [3.05, 3.63) is 46.6 Å². The summed E-state index contributed by atoms with van der Waals surface area (Å²) in [5.41, 5.74) is -0.00988. The van der Waals surface area contributed by atoms with Gasteiger partial charge in [-0.25, -0.2) is 0 Å². The summed E-state index contributed by atoms with van der Waals surface area (Å²) in [5.74, 6) is -0.165. The minimum absolute atomic E-state index is 0.0879. The van der Waals surface area contributed by atoms with Crippen LogP contribution >= 0.6 is 0 Å². The summed E-state index contributed by atoms with van der Waals surface area (Å²) >= 11 is 0. The fourth-order valence-corrected chi connectivity index (χ4v) is 4.25. The molecule has 2 aromatic rings. The summed E-state index contributed by atoms with van der Waals surface area (Å²) in [6.07, 6.45) is -1.17. The Morgan fingerprint density at radius 1 is 1.11 bits per heavy atom. The van der Waals surface area contributed by atoms with E-state index in [1.807, 2.05) is 43.2 Å². The molecule has 0 spiro atoms. The summed E-state index contributed by atoms with van der Waals surface area (Å²) in [7, 11) is 1.93. The summed E-state index contributed by atoms with van der Waals surface area (Å²) in [6.45, 7) is 13.6. The number of hydrogen-bond acceptors (Lipinski definition) is 3. The van der Waals surface area contributed by atoms with Crippen molar-refractivity contribution in [1.29, 1.82) is 0 Å². The van der Waals surface area contributed by atoms with Gasteiger partial charge in [0.25, 0.3) is 5.91 Å². The molecule has 1 aromatic heterocycles. The van der Waals surface area contributed by atoms with E-state index in [2.05, 4.69) is 31.1 Å². The second-order valence-corrected chi connectivity index (χ2v) is 11.7. The highest BCUT2D eigenvalue weighted by atomic mass is 19.4. The van der Waals surface area contributed by atoms with Crippen LogP contribution in [0.2, 0.25) is 0 Å². The van der Waals surface area contributed by atoms with Crippen LogP contribution in [0.15, 0.2) is 29.3 Å². The zero-order valence-electron chi connectivity index (χ0n) is 22.4. The molecule has 1 aromatic carbocycles. The zero-order chi connectivity index (χ0) is 26.9. The van der Waals surface area contributed by atoms with Gasteiger partial charge in [-0.15, -0.1) is 0 Å². The molecule has 1 fully saturated rings. The molecule has 200 valence electrons. The van der Waals surface area contributed by atoms with Gasteiger partial charge in [-0.2, -0.15) is 18.2 Å². The van der Waals surface area contributed by atoms with Crippen LogP contribution in [-0.2, 0) is 25.2 Å². The molecule has 0 saturated heterocycles. The third kappa shape index (κ3) is 7.02. The molecule has 1 saturated carbocycles. The molecular weight excluding hydrogens is 469 g/mol. The first-order valence-corrected chi connectivity index (χ1v) is 12.5. The van der Waals surface area contributed by atoms with Gasteiger partial charge in [0.15, 0.2) is 5.49 Å². The lowest BCUT2D eigenvalue weighted by atomic mass is 9.85. The Morgan fingerprint density at radius 2 is 1.78 bits per heavy atom.